The molecule has 2 saturated carbocycles. The van der Waals surface area contributed by atoms with Gasteiger partial charge in [0.05, 0.1) is 0 Å². The van der Waals surface area contributed by atoms with Crippen molar-refractivity contribution < 1.29 is 0 Å². The van der Waals surface area contributed by atoms with Crippen molar-refractivity contribution in [3.63, 3.8) is 0 Å². The predicted octanol–water partition coefficient (Wildman–Crippen LogP) is 4.68. The molecule has 0 amide bonds. The van der Waals surface area contributed by atoms with E-state index >= 15 is 0 Å². The first kappa shape index (κ1) is 13.1. The zero-order valence-electron chi connectivity index (χ0n) is 12.0. The van der Waals surface area contributed by atoms with Gasteiger partial charge in [-0.05, 0) is 25.7 Å². The van der Waals surface area contributed by atoms with Gasteiger partial charge in [0, 0.05) is 11.8 Å². The van der Waals surface area contributed by atoms with Crippen molar-refractivity contribution in [1.82, 2.24) is 15.2 Å². The topological polar surface area (TPSA) is 41.6 Å². The summed E-state index contributed by atoms with van der Waals surface area (Å²) in [6.07, 6.45) is 16.3. The largest absolute Gasteiger partial charge is 0.263 e. The fourth-order valence-corrected chi connectivity index (χ4v) is 3.74. The van der Waals surface area contributed by atoms with Crippen LogP contribution in [-0.2, 0) is 0 Å². The van der Waals surface area contributed by atoms with E-state index in [1.807, 2.05) is 0 Å². The van der Waals surface area contributed by atoms with Gasteiger partial charge in [-0.15, -0.1) is 0 Å². The molecule has 1 aromatic heterocycles. The van der Waals surface area contributed by atoms with E-state index in [0.29, 0.717) is 11.8 Å². The quantitative estimate of drug-likeness (QED) is 0.839. The van der Waals surface area contributed by atoms with Crippen molar-refractivity contribution in [3.05, 3.63) is 11.6 Å². The van der Waals surface area contributed by atoms with Gasteiger partial charge in [-0.25, -0.2) is 4.98 Å². The fraction of sp³-hybridized carbons (Fsp3) is 0.875. The molecule has 0 aromatic carbocycles. The van der Waals surface area contributed by atoms with Crippen molar-refractivity contribution in [2.24, 2.45) is 0 Å². The molecule has 2 fully saturated rings. The summed E-state index contributed by atoms with van der Waals surface area (Å²) in [6, 6.07) is 0. The third-order valence-electron chi connectivity index (χ3n) is 4.98. The second-order valence-corrected chi connectivity index (χ2v) is 6.46. The van der Waals surface area contributed by atoms with Crippen LogP contribution in [0.5, 0.6) is 0 Å². The minimum absolute atomic E-state index is 0.632. The molecule has 3 rings (SSSR count). The van der Waals surface area contributed by atoms with Gasteiger partial charge in [-0.3, -0.25) is 5.10 Å². The molecule has 1 aromatic rings. The number of aromatic nitrogens is 3. The Morgan fingerprint density at radius 1 is 0.684 bits per heavy atom. The average Bonchev–Trinajstić information content (AvgIpc) is 2.89. The lowest BCUT2D eigenvalue weighted by atomic mass is 9.88. The molecule has 3 heteroatoms. The summed E-state index contributed by atoms with van der Waals surface area (Å²) < 4.78 is 0. The van der Waals surface area contributed by atoms with Gasteiger partial charge in [-0.1, -0.05) is 51.4 Å². The molecule has 1 N–H and O–H groups in total. The second-order valence-electron chi connectivity index (χ2n) is 6.46. The van der Waals surface area contributed by atoms with Gasteiger partial charge in [0.1, 0.15) is 5.82 Å². The Bertz CT molecular complexity index is 371. The van der Waals surface area contributed by atoms with Crippen LogP contribution in [0.25, 0.3) is 0 Å². The highest BCUT2D eigenvalue weighted by molar-refractivity contribution is 5.03. The van der Waals surface area contributed by atoms with Gasteiger partial charge < -0.3 is 0 Å². The number of nitrogens with zero attached hydrogens (tertiary/aromatic N) is 2. The maximum atomic E-state index is 4.86. The average molecular weight is 261 g/mol. The van der Waals surface area contributed by atoms with Crippen LogP contribution in [0.2, 0.25) is 0 Å². The predicted molar refractivity (Wildman–Crippen MR) is 77.3 cm³/mol. The number of H-pyrrole nitrogens is 1. The normalized spacial score (nSPS) is 24.0. The summed E-state index contributed by atoms with van der Waals surface area (Å²) in [7, 11) is 0. The monoisotopic (exact) mass is 261 g/mol. The van der Waals surface area contributed by atoms with Crippen molar-refractivity contribution in [2.45, 2.75) is 88.9 Å². The minimum atomic E-state index is 0.632. The van der Waals surface area contributed by atoms with Gasteiger partial charge in [0.25, 0.3) is 0 Å². The highest BCUT2D eigenvalue weighted by Gasteiger charge is 2.22. The fourth-order valence-electron chi connectivity index (χ4n) is 3.74. The SMILES string of the molecule is C1CCCC(c2nc(C3CCCCC3)n[nH]2)CCC1. The first-order chi connectivity index (χ1) is 9.43. The zero-order valence-corrected chi connectivity index (χ0v) is 12.0. The lowest BCUT2D eigenvalue weighted by Gasteiger charge is -2.19. The second kappa shape index (κ2) is 6.53. The summed E-state index contributed by atoms with van der Waals surface area (Å²) in [5.41, 5.74) is 0. The molecule has 1 heterocycles. The highest BCUT2D eigenvalue weighted by atomic mass is 15.2. The van der Waals surface area contributed by atoms with E-state index in [2.05, 4.69) is 10.2 Å². The first-order valence-electron chi connectivity index (χ1n) is 8.35. The molecule has 0 atom stereocenters. The van der Waals surface area contributed by atoms with Crippen molar-refractivity contribution in [3.8, 4) is 0 Å². The van der Waals surface area contributed by atoms with Crippen LogP contribution in [-0.4, -0.2) is 15.2 Å². The van der Waals surface area contributed by atoms with E-state index in [-0.39, 0.29) is 0 Å². The maximum Gasteiger partial charge on any atom is 0.153 e. The molecule has 2 aliphatic carbocycles. The molecular formula is C16H27N3. The van der Waals surface area contributed by atoms with Crippen LogP contribution in [0.15, 0.2) is 0 Å². The van der Waals surface area contributed by atoms with Gasteiger partial charge in [0.2, 0.25) is 0 Å². The van der Waals surface area contributed by atoms with Crippen LogP contribution < -0.4 is 0 Å². The maximum absolute atomic E-state index is 4.86. The van der Waals surface area contributed by atoms with Crippen molar-refractivity contribution in [1.29, 1.82) is 0 Å². The van der Waals surface area contributed by atoms with E-state index in [1.54, 1.807) is 0 Å². The minimum Gasteiger partial charge on any atom is -0.263 e. The number of rotatable bonds is 2. The van der Waals surface area contributed by atoms with Crippen molar-refractivity contribution in [2.75, 3.05) is 0 Å². The summed E-state index contributed by atoms with van der Waals surface area (Å²) in [5, 5.41) is 7.79. The van der Waals surface area contributed by atoms with Gasteiger partial charge in [0.15, 0.2) is 5.82 Å². The molecule has 0 bridgehead atoms. The standard InChI is InChI=1S/C16H27N3/c1-2-5-9-13(10-6-3-1)15-17-16(19-18-15)14-11-7-4-8-12-14/h13-14H,1-12H2,(H,17,18,19). The number of hydrogen-bond acceptors (Lipinski definition) is 2. The highest BCUT2D eigenvalue weighted by Crippen LogP contribution is 2.33. The van der Waals surface area contributed by atoms with Crippen molar-refractivity contribution >= 4 is 0 Å². The van der Waals surface area contributed by atoms with E-state index in [9.17, 15) is 0 Å². The Morgan fingerprint density at radius 3 is 1.89 bits per heavy atom. The van der Waals surface area contributed by atoms with Gasteiger partial charge >= 0.3 is 0 Å². The molecule has 0 saturated heterocycles. The molecule has 0 unspecified atom stereocenters. The molecule has 0 radical (unpaired) electrons. The van der Waals surface area contributed by atoms with E-state index < -0.39 is 0 Å². The smallest absolute Gasteiger partial charge is 0.153 e. The number of hydrogen-bond donors (Lipinski definition) is 1. The number of nitrogens with one attached hydrogen (secondary N) is 1. The number of aromatic amines is 1. The summed E-state index contributed by atoms with van der Waals surface area (Å²) in [5.74, 6) is 3.57. The summed E-state index contributed by atoms with van der Waals surface area (Å²) in [6.45, 7) is 0. The van der Waals surface area contributed by atoms with E-state index in [1.165, 1.54) is 82.9 Å². The van der Waals surface area contributed by atoms with Crippen LogP contribution in [0, 0.1) is 0 Å². The molecule has 106 valence electrons. The Labute approximate surface area is 116 Å². The summed E-state index contributed by atoms with van der Waals surface area (Å²) in [4.78, 5) is 4.86. The Kier molecular flexibility index (Phi) is 4.52. The molecule has 0 spiro atoms. The molecule has 0 aliphatic heterocycles. The van der Waals surface area contributed by atoms with E-state index in [4.69, 9.17) is 4.98 Å². The van der Waals surface area contributed by atoms with Crippen LogP contribution >= 0.6 is 0 Å². The zero-order chi connectivity index (χ0) is 12.9. The molecule has 2 aliphatic rings. The Balaban J connectivity index is 1.65. The van der Waals surface area contributed by atoms with E-state index in [0.717, 1.165) is 5.82 Å². The van der Waals surface area contributed by atoms with Crippen LogP contribution in [0.4, 0.5) is 0 Å². The lowest BCUT2D eigenvalue weighted by Crippen LogP contribution is -2.07. The van der Waals surface area contributed by atoms with Crippen LogP contribution in [0.3, 0.4) is 0 Å². The first-order valence-corrected chi connectivity index (χ1v) is 8.35. The molecule has 19 heavy (non-hydrogen) atoms. The third kappa shape index (κ3) is 3.37. The third-order valence-corrected chi connectivity index (χ3v) is 4.98. The summed E-state index contributed by atoms with van der Waals surface area (Å²) >= 11 is 0. The van der Waals surface area contributed by atoms with Gasteiger partial charge in [-0.2, -0.15) is 5.10 Å². The Morgan fingerprint density at radius 2 is 1.21 bits per heavy atom. The lowest BCUT2D eigenvalue weighted by molar-refractivity contribution is 0.427. The Hall–Kier alpha value is -0.860. The molecule has 3 nitrogen and oxygen atoms in total. The van der Waals surface area contributed by atoms with Crippen LogP contribution in [0.1, 0.15) is 101 Å². The molecular weight excluding hydrogens is 234 g/mol.